The number of alkyl halides is 3. The third kappa shape index (κ3) is 2.94. The van der Waals surface area contributed by atoms with Crippen molar-refractivity contribution in [1.29, 1.82) is 0 Å². The second kappa shape index (κ2) is 6.33. The number of amides is 1. The largest absolute Gasteiger partial charge is 0.416 e. The molecule has 0 radical (unpaired) electrons. The molecule has 6 heteroatoms. The first-order valence-electron chi connectivity index (χ1n) is 11.2. The highest BCUT2D eigenvalue weighted by atomic mass is 19.4. The van der Waals surface area contributed by atoms with Crippen LogP contribution in [0.2, 0.25) is 0 Å². The molecule has 5 aliphatic carbocycles. The van der Waals surface area contributed by atoms with Gasteiger partial charge in [0.2, 0.25) is 5.91 Å². The van der Waals surface area contributed by atoms with Crippen molar-refractivity contribution < 1.29 is 18.0 Å². The van der Waals surface area contributed by atoms with Crippen LogP contribution in [-0.4, -0.2) is 22.2 Å². The topological polar surface area (TPSA) is 32.7 Å². The van der Waals surface area contributed by atoms with E-state index in [1.165, 1.54) is 31.4 Å². The summed E-state index contributed by atoms with van der Waals surface area (Å²) in [5, 5.41) is 0. The fourth-order valence-electron chi connectivity index (χ4n) is 7.23. The molecule has 1 amide bonds. The number of benzene rings is 1. The molecule has 6 aliphatic rings. The van der Waals surface area contributed by atoms with Crippen LogP contribution in [0.3, 0.4) is 0 Å². The number of rotatable bonds is 2. The molecule has 4 fully saturated rings. The number of amidine groups is 1. The van der Waals surface area contributed by atoms with Gasteiger partial charge in [-0.3, -0.25) is 9.69 Å². The van der Waals surface area contributed by atoms with Gasteiger partial charge in [-0.1, -0.05) is 23.8 Å². The first-order chi connectivity index (χ1) is 14.7. The maximum Gasteiger partial charge on any atom is 0.416 e. The SMILES string of the molecule is CC1=CC2C(=O)N(C34CC5CC(CC(C5)C3)C4)C(c3ccc(C(F)(F)F)cc3)=NC2=C1. The molecule has 162 valence electrons. The molecule has 1 atom stereocenters. The van der Waals surface area contributed by atoms with E-state index in [4.69, 9.17) is 4.99 Å². The molecule has 1 heterocycles. The van der Waals surface area contributed by atoms with Gasteiger partial charge in [-0.2, -0.15) is 13.2 Å². The Balaban J connectivity index is 1.46. The average Bonchev–Trinajstić information content (AvgIpc) is 3.07. The van der Waals surface area contributed by atoms with Crippen LogP contribution in [0.1, 0.15) is 56.6 Å². The van der Waals surface area contributed by atoms with E-state index in [1.54, 1.807) is 0 Å². The van der Waals surface area contributed by atoms with E-state index in [2.05, 4.69) is 0 Å². The summed E-state index contributed by atoms with van der Waals surface area (Å²) in [4.78, 5) is 20.7. The molecule has 0 spiro atoms. The van der Waals surface area contributed by atoms with Crippen molar-refractivity contribution in [3.63, 3.8) is 0 Å². The zero-order valence-electron chi connectivity index (χ0n) is 17.5. The highest BCUT2D eigenvalue weighted by Crippen LogP contribution is 2.59. The Hall–Kier alpha value is -2.37. The zero-order chi connectivity index (χ0) is 21.5. The van der Waals surface area contributed by atoms with E-state index in [1.807, 2.05) is 24.0 Å². The van der Waals surface area contributed by atoms with Crippen LogP contribution < -0.4 is 0 Å². The van der Waals surface area contributed by atoms with E-state index in [0.29, 0.717) is 34.8 Å². The van der Waals surface area contributed by atoms with Gasteiger partial charge in [-0.05, 0) is 81.4 Å². The third-order valence-electron chi connectivity index (χ3n) is 8.01. The molecule has 1 aromatic rings. The second-order valence-corrected chi connectivity index (χ2v) is 10.3. The lowest BCUT2D eigenvalue weighted by Gasteiger charge is -2.61. The highest BCUT2D eigenvalue weighted by Gasteiger charge is 2.57. The van der Waals surface area contributed by atoms with Crippen LogP contribution in [0, 0.1) is 23.7 Å². The van der Waals surface area contributed by atoms with Crippen LogP contribution in [0.5, 0.6) is 0 Å². The molecule has 4 bridgehead atoms. The molecule has 1 unspecified atom stereocenters. The summed E-state index contributed by atoms with van der Waals surface area (Å²) in [5.41, 5.74) is 1.37. The van der Waals surface area contributed by atoms with Gasteiger partial charge in [0.1, 0.15) is 5.84 Å². The highest BCUT2D eigenvalue weighted by molar-refractivity contribution is 6.12. The number of aliphatic imine (C=N–C) groups is 1. The van der Waals surface area contributed by atoms with Crippen molar-refractivity contribution in [2.45, 2.75) is 57.2 Å². The predicted octanol–water partition coefficient (Wildman–Crippen LogP) is 5.72. The number of hydrogen-bond acceptors (Lipinski definition) is 2. The van der Waals surface area contributed by atoms with Gasteiger partial charge in [0.15, 0.2) is 0 Å². The predicted molar refractivity (Wildman–Crippen MR) is 111 cm³/mol. The zero-order valence-corrected chi connectivity index (χ0v) is 17.5. The van der Waals surface area contributed by atoms with Crippen molar-refractivity contribution in [1.82, 2.24) is 4.90 Å². The summed E-state index contributed by atoms with van der Waals surface area (Å²) >= 11 is 0. The summed E-state index contributed by atoms with van der Waals surface area (Å²) < 4.78 is 39.3. The van der Waals surface area contributed by atoms with E-state index < -0.39 is 11.7 Å². The van der Waals surface area contributed by atoms with Gasteiger partial charge in [0.25, 0.3) is 0 Å². The quantitative estimate of drug-likeness (QED) is 0.595. The van der Waals surface area contributed by atoms with E-state index >= 15 is 0 Å². The minimum Gasteiger partial charge on any atom is -0.289 e. The molecule has 1 aliphatic heterocycles. The summed E-state index contributed by atoms with van der Waals surface area (Å²) in [6, 6.07) is 5.13. The lowest BCUT2D eigenvalue weighted by Crippen LogP contribution is -2.65. The Kier molecular flexibility index (Phi) is 3.95. The maximum absolute atomic E-state index is 13.9. The molecule has 0 aromatic heterocycles. The molecule has 7 rings (SSSR count). The minimum atomic E-state index is -4.39. The van der Waals surface area contributed by atoms with Crippen LogP contribution in [0.15, 0.2) is 52.7 Å². The second-order valence-electron chi connectivity index (χ2n) is 10.3. The Bertz CT molecular complexity index is 1010. The van der Waals surface area contributed by atoms with E-state index in [-0.39, 0.29) is 17.4 Å². The number of carbonyl (C=O) groups is 1. The Labute approximate surface area is 179 Å². The lowest BCUT2D eigenvalue weighted by molar-refractivity contribution is -0.143. The number of allylic oxidation sites excluding steroid dienone is 2. The minimum absolute atomic E-state index is 0.0370. The molecule has 0 N–H and O–H groups in total. The molecule has 3 nitrogen and oxygen atoms in total. The van der Waals surface area contributed by atoms with Gasteiger partial charge in [-0.15, -0.1) is 0 Å². The summed E-state index contributed by atoms with van der Waals surface area (Å²) in [5.74, 6) is 2.13. The normalized spacial score (nSPS) is 36.3. The van der Waals surface area contributed by atoms with E-state index in [9.17, 15) is 18.0 Å². The number of carbonyl (C=O) groups excluding carboxylic acids is 1. The molecule has 31 heavy (non-hydrogen) atoms. The molecule has 0 saturated heterocycles. The van der Waals surface area contributed by atoms with Crippen molar-refractivity contribution >= 4 is 11.7 Å². The third-order valence-corrected chi connectivity index (χ3v) is 8.01. The standard InChI is InChI=1S/C25H25F3N2O/c1-14-6-20-21(7-14)29-22(18-2-4-19(5-3-18)25(26,27)28)30(23(20)31)24-11-15-8-16(12-24)10-17(9-15)13-24/h2-7,15-17,20H,8-13H2,1H3. The first kappa shape index (κ1) is 19.3. The molecular weight excluding hydrogens is 401 g/mol. The van der Waals surface area contributed by atoms with Gasteiger partial charge in [-0.25, -0.2) is 4.99 Å². The Morgan fingerprint density at radius 3 is 2.13 bits per heavy atom. The average molecular weight is 426 g/mol. The summed E-state index contributed by atoms with van der Waals surface area (Å²) in [6.07, 6.45) is 6.21. The Morgan fingerprint density at radius 2 is 1.58 bits per heavy atom. The van der Waals surface area contributed by atoms with Gasteiger partial charge >= 0.3 is 6.18 Å². The fourth-order valence-corrected chi connectivity index (χ4v) is 7.23. The van der Waals surface area contributed by atoms with Gasteiger partial charge in [0, 0.05) is 5.56 Å². The van der Waals surface area contributed by atoms with Crippen molar-refractivity contribution in [3.8, 4) is 0 Å². The van der Waals surface area contributed by atoms with Crippen LogP contribution >= 0.6 is 0 Å². The van der Waals surface area contributed by atoms with Crippen LogP contribution in [-0.2, 0) is 11.0 Å². The van der Waals surface area contributed by atoms with Gasteiger partial charge in [0.05, 0.1) is 22.7 Å². The number of halogens is 3. The molecule has 4 saturated carbocycles. The lowest BCUT2D eigenvalue weighted by atomic mass is 9.52. The Morgan fingerprint density at radius 1 is 1.00 bits per heavy atom. The van der Waals surface area contributed by atoms with Crippen LogP contribution in [0.25, 0.3) is 0 Å². The summed E-state index contributed by atoms with van der Waals surface area (Å²) in [6.45, 7) is 1.96. The van der Waals surface area contributed by atoms with Crippen molar-refractivity contribution in [2.75, 3.05) is 0 Å². The molecular formula is C25H25F3N2O. The van der Waals surface area contributed by atoms with Crippen LogP contribution in [0.4, 0.5) is 13.2 Å². The first-order valence-corrected chi connectivity index (χ1v) is 11.2. The number of nitrogens with zero attached hydrogens (tertiary/aromatic N) is 2. The molecule has 1 aromatic carbocycles. The number of hydrogen-bond donors (Lipinski definition) is 0. The summed E-state index contributed by atoms with van der Waals surface area (Å²) in [7, 11) is 0. The van der Waals surface area contributed by atoms with Crippen molar-refractivity contribution in [2.24, 2.45) is 28.7 Å². The maximum atomic E-state index is 13.9. The fraction of sp³-hybridized carbons (Fsp3) is 0.520. The monoisotopic (exact) mass is 426 g/mol. The number of fused-ring (bicyclic) bond motifs is 1. The van der Waals surface area contributed by atoms with E-state index in [0.717, 1.165) is 37.0 Å². The smallest absolute Gasteiger partial charge is 0.289 e. The van der Waals surface area contributed by atoms with Gasteiger partial charge < -0.3 is 0 Å². The van der Waals surface area contributed by atoms with Crippen molar-refractivity contribution in [3.05, 3.63) is 58.8 Å².